The van der Waals surface area contributed by atoms with Crippen LogP contribution in [0.25, 0.3) is 5.76 Å². The predicted octanol–water partition coefficient (Wildman–Crippen LogP) is 2.06. The number of methoxy groups -OCH3 is 1. The molecule has 36 heavy (non-hydrogen) atoms. The SMILES string of the molecule is CCOC(=O)c1[nH]c(C)c(/C([O-])=C2\C(=O)C(=O)N(Cc3ccc[nH+]c3)C2c2cccc(OC)c2)c1C. The Morgan fingerprint density at radius 3 is 2.64 bits per heavy atom. The minimum atomic E-state index is -0.937. The Morgan fingerprint density at radius 1 is 1.19 bits per heavy atom. The summed E-state index contributed by atoms with van der Waals surface area (Å²) in [5.74, 6) is -2.32. The maximum Gasteiger partial charge on any atom is 0.355 e. The summed E-state index contributed by atoms with van der Waals surface area (Å²) in [6, 6.07) is 9.61. The maximum absolute atomic E-state index is 13.9. The van der Waals surface area contributed by atoms with Crippen molar-refractivity contribution in [2.45, 2.75) is 33.4 Å². The van der Waals surface area contributed by atoms with E-state index in [0.717, 1.165) is 5.56 Å². The molecule has 0 spiro atoms. The van der Waals surface area contributed by atoms with Crippen LogP contribution in [0.3, 0.4) is 0 Å². The van der Waals surface area contributed by atoms with Crippen LogP contribution in [-0.4, -0.2) is 41.3 Å². The van der Waals surface area contributed by atoms with Gasteiger partial charge in [0.05, 0.1) is 26.3 Å². The molecule has 3 aromatic rings. The van der Waals surface area contributed by atoms with Gasteiger partial charge >= 0.3 is 5.97 Å². The lowest BCUT2D eigenvalue weighted by molar-refractivity contribution is -0.378. The molecule has 1 aliphatic rings. The Kier molecular flexibility index (Phi) is 6.91. The summed E-state index contributed by atoms with van der Waals surface area (Å²) in [5.41, 5.74) is 2.25. The number of nitrogens with one attached hydrogen (secondary N) is 2. The number of esters is 1. The molecule has 1 atom stereocenters. The first kappa shape index (κ1) is 24.7. The molecule has 0 radical (unpaired) electrons. The van der Waals surface area contributed by atoms with Crippen LogP contribution in [0, 0.1) is 13.8 Å². The topological polar surface area (TPSA) is 126 Å². The minimum absolute atomic E-state index is 0.111. The third kappa shape index (κ3) is 4.35. The largest absolute Gasteiger partial charge is 0.872 e. The van der Waals surface area contributed by atoms with E-state index in [4.69, 9.17) is 9.47 Å². The first-order valence-electron chi connectivity index (χ1n) is 11.5. The van der Waals surface area contributed by atoms with Crippen molar-refractivity contribution in [1.82, 2.24) is 9.88 Å². The Hall–Kier alpha value is -4.40. The molecule has 4 rings (SSSR count). The van der Waals surface area contributed by atoms with Crippen LogP contribution in [0.2, 0.25) is 0 Å². The number of rotatable bonds is 7. The van der Waals surface area contributed by atoms with Crippen molar-refractivity contribution < 1.29 is 33.9 Å². The fourth-order valence-corrected chi connectivity index (χ4v) is 4.55. The zero-order valence-corrected chi connectivity index (χ0v) is 20.5. The van der Waals surface area contributed by atoms with Gasteiger partial charge in [0.25, 0.3) is 5.91 Å². The van der Waals surface area contributed by atoms with Crippen molar-refractivity contribution in [2.75, 3.05) is 13.7 Å². The zero-order valence-electron chi connectivity index (χ0n) is 20.5. The molecule has 9 heteroatoms. The van der Waals surface area contributed by atoms with Crippen LogP contribution < -0.4 is 14.8 Å². The summed E-state index contributed by atoms with van der Waals surface area (Å²) in [5, 5.41) is 13.9. The first-order valence-corrected chi connectivity index (χ1v) is 11.5. The highest BCUT2D eigenvalue weighted by molar-refractivity contribution is 6.46. The highest BCUT2D eigenvalue weighted by atomic mass is 16.5. The summed E-state index contributed by atoms with van der Waals surface area (Å²) in [4.78, 5) is 46.2. The molecular formula is C27H27N3O6. The van der Waals surface area contributed by atoms with Crippen molar-refractivity contribution in [3.8, 4) is 5.75 Å². The number of aromatic amines is 2. The fraction of sp³-hybridized carbons (Fsp3) is 0.259. The second-order valence-corrected chi connectivity index (χ2v) is 8.44. The van der Waals surface area contributed by atoms with E-state index < -0.39 is 29.5 Å². The highest BCUT2D eigenvalue weighted by Crippen LogP contribution is 2.41. The van der Waals surface area contributed by atoms with Crippen LogP contribution in [0.5, 0.6) is 5.75 Å². The van der Waals surface area contributed by atoms with Gasteiger partial charge in [-0.1, -0.05) is 17.9 Å². The molecule has 9 nitrogen and oxygen atoms in total. The maximum atomic E-state index is 13.9. The lowest BCUT2D eigenvalue weighted by Gasteiger charge is -2.27. The Morgan fingerprint density at radius 2 is 1.97 bits per heavy atom. The number of likely N-dealkylation sites (tertiary alicyclic amines) is 1. The minimum Gasteiger partial charge on any atom is -0.872 e. The number of hydrogen-bond acceptors (Lipinski definition) is 6. The second-order valence-electron chi connectivity index (χ2n) is 8.44. The van der Waals surface area contributed by atoms with Gasteiger partial charge in [-0.15, -0.1) is 0 Å². The van der Waals surface area contributed by atoms with Crippen molar-refractivity contribution in [3.63, 3.8) is 0 Å². The number of carbonyl (C=O) groups is 3. The molecule has 0 aliphatic carbocycles. The molecule has 2 aromatic heterocycles. The number of Topliss-reactive ketones (excluding diaryl/α,β-unsaturated/α-hetero) is 1. The molecule has 1 saturated heterocycles. The lowest BCUT2D eigenvalue weighted by atomic mass is 9.94. The number of pyridine rings is 1. The first-order chi connectivity index (χ1) is 17.3. The number of ketones is 1. The van der Waals surface area contributed by atoms with Crippen LogP contribution in [0.1, 0.15) is 51.4 Å². The van der Waals surface area contributed by atoms with Crippen molar-refractivity contribution >= 4 is 23.4 Å². The molecule has 0 saturated carbocycles. The van der Waals surface area contributed by atoms with Crippen molar-refractivity contribution in [2.24, 2.45) is 0 Å². The van der Waals surface area contributed by atoms with Crippen molar-refractivity contribution in [3.05, 3.63) is 88.0 Å². The van der Waals surface area contributed by atoms with Gasteiger partial charge in [0.2, 0.25) is 5.78 Å². The van der Waals surface area contributed by atoms with E-state index in [1.54, 1.807) is 63.5 Å². The number of aryl methyl sites for hydroxylation is 1. The monoisotopic (exact) mass is 489 g/mol. The average molecular weight is 490 g/mol. The van der Waals surface area contributed by atoms with E-state index >= 15 is 0 Å². The van der Waals surface area contributed by atoms with E-state index in [0.29, 0.717) is 22.6 Å². The third-order valence-electron chi connectivity index (χ3n) is 6.21. The molecule has 2 N–H and O–H groups in total. The third-order valence-corrected chi connectivity index (χ3v) is 6.21. The summed E-state index contributed by atoms with van der Waals surface area (Å²) in [7, 11) is 1.51. The van der Waals surface area contributed by atoms with Crippen molar-refractivity contribution in [1.29, 1.82) is 0 Å². The summed E-state index contributed by atoms with van der Waals surface area (Å²) >= 11 is 0. The van der Waals surface area contributed by atoms with Gasteiger partial charge in [-0.05, 0) is 55.7 Å². The van der Waals surface area contributed by atoms with E-state index in [1.165, 1.54) is 12.0 Å². The van der Waals surface area contributed by atoms with Gasteiger partial charge in [-0.3, -0.25) is 9.59 Å². The number of nitrogens with zero attached hydrogens (tertiary/aromatic N) is 1. The number of hydrogen-bond donors (Lipinski definition) is 1. The number of H-pyrrole nitrogens is 2. The van der Waals surface area contributed by atoms with Gasteiger partial charge in [0, 0.05) is 22.9 Å². The second kappa shape index (κ2) is 10.1. The van der Waals surface area contributed by atoms with Crippen LogP contribution >= 0.6 is 0 Å². The summed E-state index contributed by atoms with van der Waals surface area (Å²) in [6.07, 6.45) is 3.46. The molecule has 1 unspecified atom stereocenters. The molecule has 186 valence electrons. The van der Waals surface area contributed by atoms with E-state index in [1.807, 2.05) is 6.07 Å². The van der Waals surface area contributed by atoms with E-state index in [2.05, 4.69) is 9.97 Å². The average Bonchev–Trinajstić information content (AvgIpc) is 3.32. The standard InChI is InChI=1S/C27H27N3O6/c1-5-36-27(34)22-15(2)20(16(3)29-22)24(31)21-23(18-9-6-10-19(12-18)35-4)30(26(33)25(21)32)14-17-8-7-11-28-13-17/h6-13,23,29,31H,5,14H2,1-4H3/b24-21+. The number of aromatic nitrogens is 2. The number of carbonyl (C=O) groups excluding carboxylic acids is 3. The van der Waals surface area contributed by atoms with Gasteiger partial charge in [-0.2, -0.15) is 0 Å². The number of benzene rings is 1. The molecule has 1 aromatic carbocycles. The lowest BCUT2D eigenvalue weighted by Crippen LogP contribution is -2.29. The number of amides is 1. The molecule has 3 heterocycles. The fourth-order valence-electron chi connectivity index (χ4n) is 4.55. The van der Waals surface area contributed by atoms with Crippen LogP contribution in [-0.2, 0) is 20.9 Å². The summed E-state index contributed by atoms with van der Waals surface area (Å²) in [6.45, 7) is 5.23. The van der Waals surface area contributed by atoms with E-state index in [-0.39, 0.29) is 30.0 Å². The van der Waals surface area contributed by atoms with E-state index in [9.17, 15) is 19.5 Å². The Bertz CT molecular complexity index is 1360. The zero-order chi connectivity index (χ0) is 26.0. The molecule has 0 bridgehead atoms. The highest BCUT2D eigenvalue weighted by Gasteiger charge is 2.44. The number of ether oxygens (including phenoxy) is 2. The predicted molar refractivity (Wildman–Crippen MR) is 127 cm³/mol. The normalized spacial score (nSPS) is 16.9. The Labute approximate surface area is 208 Å². The van der Waals surface area contributed by atoms with Gasteiger partial charge in [0.15, 0.2) is 12.4 Å². The van der Waals surface area contributed by atoms with Gasteiger partial charge in [0.1, 0.15) is 11.4 Å². The van der Waals surface area contributed by atoms with Gasteiger partial charge in [-0.25, -0.2) is 9.78 Å². The molecule has 1 fully saturated rings. The van der Waals surface area contributed by atoms with Crippen LogP contribution in [0.15, 0.2) is 54.4 Å². The smallest absolute Gasteiger partial charge is 0.355 e. The quantitative estimate of drug-likeness (QED) is 0.234. The molecular weight excluding hydrogens is 462 g/mol. The summed E-state index contributed by atoms with van der Waals surface area (Å²) < 4.78 is 10.4. The molecule has 1 amide bonds. The Balaban J connectivity index is 1.90. The molecule has 1 aliphatic heterocycles. The van der Waals surface area contributed by atoms with Crippen LogP contribution in [0.4, 0.5) is 0 Å². The van der Waals surface area contributed by atoms with Gasteiger partial charge < -0.3 is 24.5 Å².